The van der Waals surface area contributed by atoms with Crippen molar-refractivity contribution < 1.29 is 21.5 Å². The highest BCUT2D eigenvalue weighted by atomic mass is 79.9. The molecule has 108 valence electrons. The predicted octanol–water partition coefficient (Wildman–Crippen LogP) is 0.167. The van der Waals surface area contributed by atoms with Crippen molar-refractivity contribution in [3.63, 3.8) is 0 Å². The second-order valence-corrected chi connectivity index (χ2v) is 4.45. The largest absolute Gasteiger partial charge is 1.00 e. The fourth-order valence-electron chi connectivity index (χ4n) is 1.99. The Hall–Kier alpha value is -0.350. The van der Waals surface area contributed by atoms with Gasteiger partial charge in [0, 0.05) is 11.9 Å². The van der Waals surface area contributed by atoms with Gasteiger partial charge in [0.2, 0.25) is 0 Å². The number of nitrogens with zero attached hydrogens (tertiary/aromatic N) is 2. The number of H-pyrrole nitrogens is 1. The maximum Gasteiger partial charge on any atom is 0.103 e. The van der Waals surface area contributed by atoms with Crippen LogP contribution in [-0.4, -0.2) is 40.6 Å². The third-order valence-electron chi connectivity index (χ3n) is 3.82. The van der Waals surface area contributed by atoms with E-state index in [0.29, 0.717) is 0 Å². The third-order valence-corrected chi connectivity index (χ3v) is 3.82. The average Bonchev–Trinajstić information content (AvgIpc) is 2.80. The Bertz CT molecular complexity index is 275. The molecule has 0 aliphatic rings. The van der Waals surface area contributed by atoms with Crippen molar-refractivity contribution in [1.82, 2.24) is 9.97 Å². The van der Waals surface area contributed by atoms with Crippen LogP contribution in [0.25, 0.3) is 0 Å². The van der Waals surface area contributed by atoms with Gasteiger partial charge in [-0.25, -0.2) is 4.98 Å². The molecule has 1 N–H and O–H groups in total. The molecule has 1 aromatic rings. The van der Waals surface area contributed by atoms with Gasteiger partial charge in [0.25, 0.3) is 0 Å². The van der Waals surface area contributed by atoms with Gasteiger partial charge in [-0.05, 0) is 41.0 Å². The summed E-state index contributed by atoms with van der Waals surface area (Å²) in [4.78, 5) is 7.15. The zero-order valence-corrected chi connectivity index (χ0v) is 14.5. The van der Waals surface area contributed by atoms with E-state index in [2.05, 4.69) is 44.6 Å². The lowest BCUT2D eigenvalue weighted by Gasteiger charge is -2.34. The van der Waals surface area contributed by atoms with Gasteiger partial charge in [-0.3, -0.25) is 0 Å². The van der Waals surface area contributed by atoms with Crippen molar-refractivity contribution in [2.24, 2.45) is 0 Å². The number of imidazole rings is 1. The normalized spacial score (nSPS) is 10.3. The quantitative estimate of drug-likeness (QED) is 0.770. The SMILES string of the molecule is CC[N+](CC)(CC)CC.CCc1cnc(C)[nH]1.[Br-]. The van der Waals surface area contributed by atoms with Gasteiger partial charge in [0.05, 0.1) is 26.2 Å². The molecule has 0 radical (unpaired) electrons. The number of aryl methyl sites for hydroxylation is 2. The van der Waals surface area contributed by atoms with Crippen LogP contribution < -0.4 is 17.0 Å². The lowest BCUT2D eigenvalue weighted by molar-refractivity contribution is -0.921. The Balaban J connectivity index is 0. The maximum atomic E-state index is 4.03. The van der Waals surface area contributed by atoms with Crippen LogP contribution in [0.3, 0.4) is 0 Å². The minimum absolute atomic E-state index is 0. The van der Waals surface area contributed by atoms with Gasteiger partial charge in [-0.15, -0.1) is 0 Å². The molecule has 0 spiro atoms. The number of quaternary nitrogens is 1. The first-order valence-corrected chi connectivity index (χ1v) is 6.92. The van der Waals surface area contributed by atoms with Crippen molar-refractivity contribution >= 4 is 0 Å². The topological polar surface area (TPSA) is 28.7 Å². The summed E-state index contributed by atoms with van der Waals surface area (Å²) in [5.41, 5.74) is 1.21. The molecule has 0 fully saturated rings. The molecule has 0 amide bonds. The Morgan fingerprint density at radius 1 is 1.00 bits per heavy atom. The molecule has 0 aliphatic carbocycles. The summed E-state index contributed by atoms with van der Waals surface area (Å²) in [7, 11) is 0. The molecular weight excluding hydrogens is 290 g/mol. The first-order chi connectivity index (χ1) is 8.07. The van der Waals surface area contributed by atoms with Gasteiger partial charge in [-0.1, -0.05) is 6.92 Å². The van der Waals surface area contributed by atoms with Crippen molar-refractivity contribution in [3.8, 4) is 0 Å². The Morgan fingerprint density at radius 3 is 1.56 bits per heavy atom. The fourth-order valence-corrected chi connectivity index (χ4v) is 1.99. The van der Waals surface area contributed by atoms with Crippen LogP contribution in [0, 0.1) is 6.92 Å². The first-order valence-electron chi connectivity index (χ1n) is 6.92. The molecule has 0 aromatic carbocycles. The molecule has 18 heavy (non-hydrogen) atoms. The van der Waals surface area contributed by atoms with E-state index in [9.17, 15) is 0 Å². The molecule has 0 saturated heterocycles. The number of rotatable bonds is 5. The summed E-state index contributed by atoms with van der Waals surface area (Å²) < 4.78 is 1.28. The van der Waals surface area contributed by atoms with Crippen LogP contribution in [0.1, 0.15) is 46.1 Å². The van der Waals surface area contributed by atoms with E-state index in [-0.39, 0.29) is 17.0 Å². The molecule has 0 aliphatic heterocycles. The van der Waals surface area contributed by atoms with Crippen LogP contribution in [0.15, 0.2) is 6.20 Å². The van der Waals surface area contributed by atoms with Gasteiger partial charge in [-0.2, -0.15) is 0 Å². The number of hydrogen-bond donors (Lipinski definition) is 1. The van der Waals surface area contributed by atoms with Crippen molar-refractivity contribution in [2.75, 3.05) is 26.2 Å². The molecular formula is C14H30BrN3. The predicted molar refractivity (Wildman–Crippen MR) is 75.1 cm³/mol. The second kappa shape index (κ2) is 10.6. The van der Waals surface area contributed by atoms with E-state index >= 15 is 0 Å². The van der Waals surface area contributed by atoms with Crippen molar-refractivity contribution in [2.45, 2.75) is 48.0 Å². The van der Waals surface area contributed by atoms with E-state index in [1.807, 2.05) is 13.1 Å². The van der Waals surface area contributed by atoms with Crippen LogP contribution in [0.4, 0.5) is 0 Å². The summed E-state index contributed by atoms with van der Waals surface area (Å²) in [6.07, 6.45) is 2.91. The minimum Gasteiger partial charge on any atom is -1.00 e. The van der Waals surface area contributed by atoms with E-state index in [1.54, 1.807) is 0 Å². The number of nitrogens with one attached hydrogen (secondary N) is 1. The van der Waals surface area contributed by atoms with E-state index < -0.39 is 0 Å². The molecule has 1 heterocycles. The summed E-state index contributed by atoms with van der Waals surface area (Å²) in [6.45, 7) is 18.3. The van der Waals surface area contributed by atoms with Gasteiger partial charge >= 0.3 is 0 Å². The standard InChI is InChI=1S/C8H20N.C6H10N2.BrH/c1-5-9(6-2,7-3)8-4;1-3-6-4-7-5(2)8-6;/h5-8H2,1-4H3;4H,3H2,1-2H3,(H,7,8);1H/q+1;;/p-1. The van der Waals surface area contributed by atoms with Crippen LogP contribution in [0.2, 0.25) is 0 Å². The van der Waals surface area contributed by atoms with Gasteiger partial charge < -0.3 is 26.4 Å². The molecule has 1 rings (SSSR count). The van der Waals surface area contributed by atoms with E-state index in [4.69, 9.17) is 0 Å². The summed E-state index contributed by atoms with van der Waals surface area (Å²) in [5, 5.41) is 0. The zero-order chi connectivity index (χ0) is 13.3. The highest BCUT2D eigenvalue weighted by Crippen LogP contribution is 2.03. The molecule has 1 aromatic heterocycles. The third kappa shape index (κ3) is 6.55. The van der Waals surface area contributed by atoms with Crippen molar-refractivity contribution in [1.29, 1.82) is 0 Å². The smallest absolute Gasteiger partial charge is 0.103 e. The molecule has 0 unspecified atom stereocenters. The molecule has 0 bridgehead atoms. The number of aromatic nitrogens is 2. The number of halogens is 1. The van der Waals surface area contributed by atoms with E-state index in [1.165, 1.54) is 36.4 Å². The van der Waals surface area contributed by atoms with Gasteiger partial charge in [0.1, 0.15) is 5.82 Å². The lowest BCUT2D eigenvalue weighted by atomic mass is 10.3. The van der Waals surface area contributed by atoms with Crippen LogP contribution in [0.5, 0.6) is 0 Å². The summed E-state index contributed by atoms with van der Waals surface area (Å²) in [5.74, 6) is 1.00. The Kier molecular flexibility index (Phi) is 11.7. The average molecular weight is 320 g/mol. The van der Waals surface area contributed by atoms with Crippen LogP contribution in [-0.2, 0) is 6.42 Å². The highest BCUT2D eigenvalue weighted by molar-refractivity contribution is 4.98. The number of aromatic amines is 1. The lowest BCUT2D eigenvalue weighted by Crippen LogP contribution is -3.00. The summed E-state index contributed by atoms with van der Waals surface area (Å²) >= 11 is 0. The Morgan fingerprint density at radius 2 is 1.44 bits per heavy atom. The first kappa shape index (κ1) is 20.0. The minimum atomic E-state index is 0. The summed E-state index contributed by atoms with van der Waals surface area (Å²) in [6, 6.07) is 0. The molecule has 0 atom stereocenters. The second-order valence-electron chi connectivity index (χ2n) is 4.45. The highest BCUT2D eigenvalue weighted by Gasteiger charge is 2.16. The molecule has 3 nitrogen and oxygen atoms in total. The van der Waals surface area contributed by atoms with Gasteiger partial charge in [0.15, 0.2) is 0 Å². The number of hydrogen-bond acceptors (Lipinski definition) is 1. The Labute approximate surface area is 123 Å². The van der Waals surface area contributed by atoms with E-state index in [0.717, 1.165) is 12.2 Å². The van der Waals surface area contributed by atoms with Crippen LogP contribution >= 0.6 is 0 Å². The maximum absolute atomic E-state index is 4.03. The zero-order valence-electron chi connectivity index (χ0n) is 12.9. The monoisotopic (exact) mass is 319 g/mol. The molecule has 0 saturated carbocycles. The molecule has 4 heteroatoms. The fraction of sp³-hybridized carbons (Fsp3) is 0.786. The van der Waals surface area contributed by atoms with Crippen molar-refractivity contribution in [3.05, 3.63) is 17.7 Å².